The average Bonchev–Trinajstić information content (AvgIpc) is 3.66. The fourth-order valence-electron chi connectivity index (χ4n) is 4.90. The van der Waals surface area contributed by atoms with Crippen LogP contribution < -0.4 is 26.0 Å². The van der Waals surface area contributed by atoms with E-state index in [1.807, 2.05) is 18.2 Å². The molecular formula is C26H32N8O3. The number of anilines is 3. The first-order valence-corrected chi connectivity index (χ1v) is 12.5. The molecule has 3 aromatic rings. The summed E-state index contributed by atoms with van der Waals surface area (Å²) < 4.78 is 7.20. The molecule has 5 rings (SSSR count). The molecule has 3 heterocycles. The van der Waals surface area contributed by atoms with E-state index in [1.54, 1.807) is 37.4 Å². The lowest BCUT2D eigenvalue weighted by atomic mass is 9.96. The lowest BCUT2D eigenvalue weighted by molar-refractivity contribution is 0.0923. The zero-order chi connectivity index (χ0) is 26.1. The Morgan fingerprint density at radius 3 is 2.68 bits per heavy atom. The number of hydrogen-bond acceptors (Lipinski definition) is 8. The number of carbonyl (C=O) groups excluding carboxylic acids is 2. The zero-order valence-corrected chi connectivity index (χ0v) is 21.3. The third-order valence-electron chi connectivity index (χ3n) is 7.07. The highest BCUT2D eigenvalue weighted by Gasteiger charge is 2.32. The van der Waals surface area contributed by atoms with E-state index >= 15 is 0 Å². The van der Waals surface area contributed by atoms with Crippen LogP contribution in [0, 0.1) is 0 Å². The molecule has 1 saturated heterocycles. The standard InChI is InChI=1S/C26H32N8O3/c1-15-20(31-26(36)17-8-9-19(16-6-7-16)21(11-17)37-3)5-4-10-34(15)22-13-28-23(24(27)35)25(32-22)30-18-12-29-33(2)14-18/h8-9,11-16,20H,4-7,10H2,1-3H3,(H2,27,35)(H,30,32)(H,31,36)/t15-,20-/m1/s1. The van der Waals surface area contributed by atoms with Gasteiger partial charge in [-0.3, -0.25) is 14.3 Å². The van der Waals surface area contributed by atoms with E-state index in [1.165, 1.54) is 18.4 Å². The van der Waals surface area contributed by atoms with Crippen molar-refractivity contribution in [1.82, 2.24) is 25.1 Å². The lowest BCUT2D eigenvalue weighted by Gasteiger charge is -2.40. The van der Waals surface area contributed by atoms with E-state index < -0.39 is 5.91 Å². The first-order valence-electron chi connectivity index (χ1n) is 12.5. The van der Waals surface area contributed by atoms with Crippen molar-refractivity contribution in [1.29, 1.82) is 0 Å². The van der Waals surface area contributed by atoms with Crippen molar-refractivity contribution in [3.8, 4) is 5.75 Å². The van der Waals surface area contributed by atoms with Crippen molar-refractivity contribution in [2.24, 2.45) is 12.8 Å². The van der Waals surface area contributed by atoms with Crippen molar-refractivity contribution in [3.05, 3.63) is 53.6 Å². The van der Waals surface area contributed by atoms with E-state index in [0.717, 1.165) is 25.1 Å². The maximum atomic E-state index is 13.2. The number of benzene rings is 1. The molecule has 11 heteroatoms. The van der Waals surface area contributed by atoms with Gasteiger partial charge in [-0.2, -0.15) is 5.10 Å². The summed E-state index contributed by atoms with van der Waals surface area (Å²) in [7, 11) is 3.44. The third-order valence-corrected chi connectivity index (χ3v) is 7.07. The first kappa shape index (κ1) is 24.5. The van der Waals surface area contributed by atoms with Gasteiger partial charge in [0.05, 0.1) is 25.2 Å². The molecule has 1 aliphatic heterocycles. The topological polar surface area (TPSA) is 140 Å². The second-order valence-corrected chi connectivity index (χ2v) is 9.70. The molecule has 2 atom stereocenters. The Hall–Kier alpha value is -4.15. The number of aryl methyl sites for hydroxylation is 1. The number of amides is 2. The summed E-state index contributed by atoms with van der Waals surface area (Å²) >= 11 is 0. The Balaban J connectivity index is 1.33. The quantitative estimate of drug-likeness (QED) is 0.425. The van der Waals surface area contributed by atoms with Gasteiger partial charge in [-0.1, -0.05) is 6.07 Å². The molecule has 2 aromatic heterocycles. The van der Waals surface area contributed by atoms with Gasteiger partial charge in [0.15, 0.2) is 11.5 Å². The molecule has 2 fully saturated rings. The second-order valence-electron chi connectivity index (χ2n) is 9.70. The number of aromatic nitrogens is 4. The average molecular weight is 505 g/mol. The van der Waals surface area contributed by atoms with Crippen LogP contribution in [0.25, 0.3) is 0 Å². The van der Waals surface area contributed by atoms with Gasteiger partial charge < -0.3 is 26.0 Å². The highest BCUT2D eigenvalue weighted by Crippen LogP contribution is 2.44. The minimum Gasteiger partial charge on any atom is -0.496 e. The van der Waals surface area contributed by atoms with Crippen LogP contribution in [-0.2, 0) is 7.05 Å². The summed E-state index contributed by atoms with van der Waals surface area (Å²) in [5, 5.41) is 10.4. The van der Waals surface area contributed by atoms with Crippen molar-refractivity contribution in [2.75, 3.05) is 23.9 Å². The van der Waals surface area contributed by atoms with E-state index in [2.05, 4.69) is 37.5 Å². The summed E-state index contributed by atoms with van der Waals surface area (Å²) in [4.78, 5) is 36.2. The van der Waals surface area contributed by atoms with Gasteiger partial charge >= 0.3 is 0 Å². The van der Waals surface area contributed by atoms with Gasteiger partial charge in [0.25, 0.3) is 11.8 Å². The number of primary amides is 1. The largest absolute Gasteiger partial charge is 0.496 e. The molecule has 0 bridgehead atoms. The Morgan fingerprint density at radius 2 is 2.00 bits per heavy atom. The number of nitrogens with zero attached hydrogens (tertiary/aromatic N) is 5. The minimum absolute atomic E-state index is 0.0470. The summed E-state index contributed by atoms with van der Waals surface area (Å²) in [6, 6.07) is 5.57. The van der Waals surface area contributed by atoms with Crippen molar-refractivity contribution >= 4 is 29.1 Å². The monoisotopic (exact) mass is 504 g/mol. The predicted molar refractivity (Wildman–Crippen MR) is 139 cm³/mol. The highest BCUT2D eigenvalue weighted by atomic mass is 16.5. The second kappa shape index (κ2) is 10.1. The van der Waals surface area contributed by atoms with Crippen LogP contribution in [0.1, 0.15) is 64.9 Å². The molecule has 37 heavy (non-hydrogen) atoms. The number of nitrogens with one attached hydrogen (secondary N) is 2. The van der Waals surface area contributed by atoms with Gasteiger partial charge in [0.1, 0.15) is 11.6 Å². The Labute approximate surface area is 215 Å². The maximum absolute atomic E-state index is 13.2. The van der Waals surface area contributed by atoms with Gasteiger partial charge in [-0.05, 0) is 56.2 Å². The molecule has 0 radical (unpaired) electrons. The summed E-state index contributed by atoms with van der Waals surface area (Å²) in [6.07, 6.45) is 8.98. The number of rotatable bonds is 8. The first-order chi connectivity index (χ1) is 17.8. The molecular weight excluding hydrogens is 472 g/mol. The number of hydrogen-bond donors (Lipinski definition) is 3. The summed E-state index contributed by atoms with van der Waals surface area (Å²) in [5.41, 5.74) is 8.00. The lowest BCUT2D eigenvalue weighted by Crippen LogP contribution is -2.54. The maximum Gasteiger partial charge on any atom is 0.271 e. The third kappa shape index (κ3) is 5.20. The molecule has 2 aliphatic rings. The van der Waals surface area contributed by atoms with Crippen molar-refractivity contribution in [3.63, 3.8) is 0 Å². The minimum atomic E-state index is -0.676. The molecule has 0 unspecified atom stereocenters. The SMILES string of the molecule is COc1cc(C(=O)N[C@@H]2CCCN(c3cnc(C(N)=O)c(Nc4cnn(C)c4)n3)[C@@H]2C)ccc1C1CC1. The number of nitrogens with two attached hydrogens (primary N) is 1. The molecule has 1 aliphatic carbocycles. The number of ether oxygens (including phenoxy) is 1. The zero-order valence-electron chi connectivity index (χ0n) is 21.3. The van der Waals surface area contributed by atoms with Crippen LogP contribution in [-0.4, -0.2) is 57.3 Å². The Morgan fingerprint density at radius 1 is 1.19 bits per heavy atom. The molecule has 1 saturated carbocycles. The molecule has 194 valence electrons. The normalized spacial score (nSPS) is 19.4. The van der Waals surface area contributed by atoms with Crippen LogP contribution in [0.2, 0.25) is 0 Å². The van der Waals surface area contributed by atoms with E-state index in [0.29, 0.717) is 23.0 Å². The van der Waals surface area contributed by atoms with Crippen LogP contribution in [0.5, 0.6) is 5.75 Å². The number of methoxy groups -OCH3 is 1. The van der Waals surface area contributed by atoms with Gasteiger partial charge in [-0.15, -0.1) is 0 Å². The van der Waals surface area contributed by atoms with Gasteiger partial charge in [0.2, 0.25) is 0 Å². The van der Waals surface area contributed by atoms with E-state index in [9.17, 15) is 9.59 Å². The van der Waals surface area contributed by atoms with Crippen molar-refractivity contribution in [2.45, 2.75) is 50.6 Å². The van der Waals surface area contributed by atoms with Gasteiger partial charge in [-0.25, -0.2) is 9.97 Å². The molecule has 4 N–H and O–H groups in total. The fourth-order valence-corrected chi connectivity index (χ4v) is 4.90. The molecule has 1 aromatic carbocycles. The summed E-state index contributed by atoms with van der Waals surface area (Å²) in [6.45, 7) is 2.80. The van der Waals surface area contributed by atoms with Crippen LogP contribution >= 0.6 is 0 Å². The number of piperidine rings is 1. The predicted octanol–water partition coefficient (Wildman–Crippen LogP) is 2.73. The van der Waals surface area contributed by atoms with E-state index in [4.69, 9.17) is 10.5 Å². The fraction of sp³-hybridized carbons (Fsp3) is 0.423. The smallest absolute Gasteiger partial charge is 0.271 e. The van der Waals surface area contributed by atoms with Crippen LogP contribution in [0.3, 0.4) is 0 Å². The van der Waals surface area contributed by atoms with Crippen LogP contribution in [0.15, 0.2) is 36.8 Å². The molecule has 0 spiro atoms. The van der Waals surface area contributed by atoms with Gasteiger partial charge in [0, 0.05) is 37.4 Å². The highest BCUT2D eigenvalue weighted by molar-refractivity contribution is 5.96. The van der Waals surface area contributed by atoms with Crippen molar-refractivity contribution < 1.29 is 14.3 Å². The molecule has 11 nitrogen and oxygen atoms in total. The van der Waals surface area contributed by atoms with E-state index in [-0.39, 0.29) is 29.5 Å². The molecule has 2 amide bonds. The Kier molecular flexibility index (Phi) is 6.68. The summed E-state index contributed by atoms with van der Waals surface area (Å²) in [5.74, 6) is 1.36. The Bertz CT molecular complexity index is 1320. The van der Waals surface area contributed by atoms with Crippen LogP contribution in [0.4, 0.5) is 17.3 Å². The number of carbonyl (C=O) groups is 2.